The van der Waals surface area contributed by atoms with E-state index in [0.717, 1.165) is 22.3 Å². The van der Waals surface area contributed by atoms with Crippen LogP contribution in [-0.2, 0) is 16.6 Å². The average molecular weight is 464 g/mol. The second kappa shape index (κ2) is 9.75. The number of fused-ring (bicyclic) bond motifs is 3. The molecule has 0 bridgehead atoms. The van der Waals surface area contributed by atoms with E-state index in [4.69, 9.17) is 9.84 Å². The van der Waals surface area contributed by atoms with Crippen molar-refractivity contribution in [1.82, 2.24) is 15.1 Å². The van der Waals surface area contributed by atoms with Crippen molar-refractivity contribution in [3.05, 3.63) is 71.4 Å². The number of carboxylic acids is 1. The summed E-state index contributed by atoms with van der Waals surface area (Å²) in [5.41, 5.74) is 4.32. The summed E-state index contributed by atoms with van der Waals surface area (Å²) in [6.07, 6.45) is 0.285. The van der Waals surface area contributed by atoms with E-state index in [0.29, 0.717) is 0 Å². The Labute approximate surface area is 195 Å². The summed E-state index contributed by atoms with van der Waals surface area (Å²) in [6, 6.07) is 14.6. The van der Waals surface area contributed by atoms with Crippen LogP contribution >= 0.6 is 0 Å². The van der Waals surface area contributed by atoms with Crippen LogP contribution in [-0.4, -0.2) is 57.2 Å². The van der Waals surface area contributed by atoms with Crippen LogP contribution in [0, 0.1) is 0 Å². The van der Waals surface area contributed by atoms with Gasteiger partial charge in [-0.1, -0.05) is 48.5 Å². The molecule has 1 aliphatic rings. The maximum Gasteiger partial charge on any atom is 0.412 e. The molecule has 0 saturated carbocycles. The van der Waals surface area contributed by atoms with Gasteiger partial charge in [-0.05, 0) is 22.3 Å². The lowest BCUT2D eigenvalue weighted by Gasteiger charge is -2.16. The van der Waals surface area contributed by atoms with Crippen molar-refractivity contribution in [3.8, 4) is 11.1 Å². The lowest BCUT2D eigenvalue weighted by Crippen LogP contribution is -2.41. The number of ether oxygens (including phenoxy) is 1. The lowest BCUT2D eigenvalue weighted by molar-refractivity contribution is -0.139. The summed E-state index contributed by atoms with van der Waals surface area (Å²) in [5, 5.41) is 27.0. The van der Waals surface area contributed by atoms with Crippen molar-refractivity contribution < 1.29 is 29.3 Å². The first kappa shape index (κ1) is 23.0. The Balaban J connectivity index is 1.45. The number of hydrogen-bond donors (Lipinski definition) is 4. The number of carbonyl (C=O) groups excluding carboxylic acids is 2. The Bertz CT molecular complexity index is 1190. The van der Waals surface area contributed by atoms with E-state index >= 15 is 0 Å². The molecule has 2 aromatic carbocycles. The maximum atomic E-state index is 12.6. The van der Waals surface area contributed by atoms with Gasteiger partial charge in [-0.2, -0.15) is 5.10 Å². The van der Waals surface area contributed by atoms with Gasteiger partial charge in [0.1, 0.15) is 24.0 Å². The quantitative estimate of drug-likeness (QED) is 0.401. The Morgan fingerprint density at radius 3 is 2.29 bits per heavy atom. The molecule has 0 radical (unpaired) electrons. The Kier molecular flexibility index (Phi) is 6.60. The number of hydrogen-bond acceptors (Lipinski definition) is 6. The zero-order valence-electron chi connectivity index (χ0n) is 18.4. The molecule has 1 atom stereocenters. The van der Waals surface area contributed by atoms with Gasteiger partial charge in [0.05, 0.1) is 6.20 Å². The molecule has 34 heavy (non-hydrogen) atoms. The number of aromatic nitrogens is 2. The molecule has 1 aliphatic carbocycles. The highest BCUT2D eigenvalue weighted by molar-refractivity contribution is 6.02. The number of aliphatic hydroxyl groups excluding tert-OH is 1. The van der Waals surface area contributed by atoms with Gasteiger partial charge in [0.15, 0.2) is 0 Å². The van der Waals surface area contributed by atoms with Crippen LogP contribution in [0.2, 0.25) is 0 Å². The predicted molar refractivity (Wildman–Crippen MR) is 122 cm³/mol. The van der Waals surface area contributed by atoms with Crippen LogP contribution in [0.15, 0.2) is 54.7 Å². The molecule has 0 unspecified atom stereocenters. The number of nitrogens with zero attached hydrogens (tertiary/aromatic N) is 2. The molecule has 0 fully saturated rings. The number of nitrogens with one attached hydrogen (secondary N) is 2. The van der Waals surface area contributed by atoms with E-state index in [2.05, 4.69) is 15.7 Å². The maximum absolute atomic E-state index is 12.6. The summed E-state index contributed by atoms with van der Waals surface area (Å²) < 4.78 is 6.79. The van der Waals surface area contributed by atoms with Gasteiger partial charge < -0.3 is 20.3 Å². The first-order valence-corrected chi connectivity index (χ1v) is 10.7. The number of anilines is 1. The SMILES string of the molecule is Cn1ncc(C(=O)N[C@H](CCO)C(=O)O)c1NC(=O)OCC1c2ccccc2-c2ccccc21. The van der Waals surface area contributed by atoms with Crippen LogP contribution in [0.4, 0.5) is 10.6 Å². The van der Waals surface area contributed by atoms with Gasteiger partial charge in [0.2, 0.25) is 0 Å². The first-order valence-electron chi connectivity index (χ1n) is 10.7. The molecule has 0 saturated heterocycles. The normalized spacial score (nSPS) is 13.0. The number of aliphatic hydroxyl groups is 1. The molecule has 176 valence electrons. The molecule has 3 aromatic rings. The minimum atomic E-state index is -1.28. The lowest BCUT2D eigenvalue weighted by atomic mass is 9.98. The second-order valence-electron chi connectivity index (χ2n) is 7.86. The van der Waals surface area contributed by atoms with Crippen molar-refractivity contribution in [3.63, 3.8) is 0 Å². The van der Waals surface area contributed by atoms with Gasteiger partial charge in [0.25, 0.3) is 5.91 Å². The third kappa shape index (κ3) is 4.48. The van der Waals surface area contributed by atoms with Gasteiger partial charge in [0, 0.05) is 26.0 Å². The van der Waals surface area contributed by atoms with Gasteiger partial charge in [-0.15, -0.1) is 0 Å². The summed E-state index contributed by atoms with van der Waals surface area (Å²) >= 11 is 0. The minimum Gasteiger partial charge on any atom is -0.480 e. The third-order valence-corrected chi connectivity index (χ3v) is 5.77. The molecule has 10 nitrogen and oxygen atoms in total. The zero-order chi connectivity index (χ0) is 24.2. The average Bonchev–Trinajstić information content (AvgIpc) is 3.35. The monoisotopic (exact) mass is 464 g/mol. The highest BCUT2D eigenvalue weighted by Gasteiger charge is 2.29. The van der Waals surface area contributed by atoms with Crippen molar-refractivity contribution in [2.24, 2.45) is 7.05 Å². The van der Waals surface area contributed by atoms with Crippen molar-refractivity contribution in [2.45, 2.75) is 18.4 Å². The Morgan fingerprint density at radius 2 is 1.71 bits per heavy atom. The molecule has 4 rings (SSSR count). The fourth-order valence-corrected chi connectivity index (χ4v) is 4.11. The van der Waals surface area contributed by atoms with E-state index < -0.39 is 30.6 Å². The molecule has 2 amide bonds. The summed E-state index contributed by atoms with van der Waals surface area (Å²) in [5.74, 6) is -2.09. The van der Waals surface area contributed by atoms with Gasteiger partial charge in [-0.25, -0.2) is 9.59 Å². The molecule has 0 spiro atoms. The highest BCUT2D eigenvalue weighted by atomic mass is 16.5. The van der Waals surface area contributed by atoms with E-state index in [1.807, 2.05) is 48.5 Å². The van der Waals surface area contributed by atoms with Gasteiger partial charge >= 0.3 is 12.1 Å². The van der Waals surface area contributed by atoms with E-state index in [9.17, 15) is 19.5 Å². The van der Waals surface area contributed by atoms with Crippen LogP contribution in [0.5, 0.6) is 0 Å². The molecule has 1 aromatic heterocycles. The summed E-state index contributed by atoms with van der Waals surface area (Å²) in [7, 11) is 1.53. The van der Waals surface area contributed by atoms with Crippen LogP contribution in [0.3, 0.4) is 0 Å². The standard InChI is InChI=1S/C24H24N4O6/c1-28-21(18(12-25-28)22(30)26-20(10-11-29)23(31)32)27-24(33)34-13-19-16-8-4-2-6-14(16)15-7-3-5-9-17(15)19/h2-9,12,19-20,29H,10-11,13H2,1H3,(H,26,30)(H,27,33)(H,31,32)/t20-/m1/s1. The first-order chi connectivity index (χ1) is 16.4. The number of aryl methyl sites for hydroxylation is 1. The Hall–Kier alpha value is -4.18. The Morgan fingerprint density at radius 1 is 1.09 bits per heavy atom. The van der Waals surface area contributed by atoms with Crippen molar-refractivity contribution in [1.29, 1.82) is 0 Å². The van der Waals surface area contributed by atoms with Crippen molar-refractivity contribution >= 4 is 23.8 Å². The fourth-order valence-electron chi connectivity index (χ4n) is 4.11. The fraction of sp³-hybridized carbons (Fsp3) is 0.250. The van der Waals surface area contributed by atoms with E-state index in [1.54, 1.807) is 0 Å². The third-order valence-electron chi connectivity index (χ3n) is 5.77. The molecule has 0 aliphatic heterocycles. The van der Waals surface area contributed by atoms with Crippen molar-refractivity contribution in [2.75, 3.05) is 18.5 Å². The molecular weight excluding hydrogens is 440 g/mol. The smallest absolute Gasteiger partial charge is 0.412 e. The number of benzene rings is 2. The van der Waals surface area contributed by atoms with Crippen LogP contribution < -0.4 is 10.6 Å². The molecule has 10 heteroatoms. The van der Waals surface area contributed by atoms with Crippen LogP contribution in [0.1, 0.15) is 33.8 Å². The summed E-state index contributed by atoms with van der Waals surface area (Å²) in [4.78, 5) is 36.5. The second-order valence-corrected chi connectivity index (χ2v) is 7.86. The highest BCUT2D eigenvalue weighted by Crippen LogP contribution is 2.44. The predicted octanol–water partition coefficient (Wildman–Crippen LogP) is 2.35. The zero-order valence-corrected chi connectivity index (χ0v) is 18.4. The number of rotatable bonds is 8. The minimum absolute atomic E-state index is 0.0276. The number of carboxylic acid groups (broad SMARTS) is 1. The molecule has 4 N–H and O–H groups in total. The molecular formula is C24H24N4O6. The number of aliphatic carboxylic acids is 1. The van der Waals surface area contributed by atoms with Gasteiger partial charge in [-0.3, -0.25) is 14.8 Å². The molecule has 1 heterocycles. The largest absolute Gasteiger partial charge is 0.480 e. The van der Waals surface area contributed by atoms with E-state index in [1.165, 1.54) is 17.9 Å². The summed E-state index contributed by atoms with van der Waals surface area (Å²) in [6.45, 7) is -0.314. The van der Waals surface area contributed by atoms with E-state index in [-0.39, 0.29) is 30.3 Å². The number of amides is 2. The van der Waals surface area contributed by atoms with Crippen LogP contribution in [0.25, 0.3) is 11.1 Å². The number of carbonyl (C=O) groups is 3. The topological polar surface area (TPSA) is 143 Å².